The average Bonchev–Trinajstić information content (AvgIpc) is 2.44. The number of benzene rings is 2. The molecular formula is C15H13Cl2NO2. The van der Waals surface area contributed by atoms with Gasteiger partial charge in [-0.05, 0) is 37.3 Å². The zero-order chi connectivity index (χ0) is 14.5. The van der Waals surface area contributed by atoms with Gasteiger partial charge in [0.25, 0.3) is 5.91 Å². The van der Waals surface area contributed by atoms with E-state index in [2.05, 4.69) is 5.32 Å². The van der Waals surface area contributed by atoms with Gasteiger partial charge in [-0.15, -0.1) is 0 Å². The number of ether oxygens (including phenoxy) is 1. The summed E-state index contributed by atoms with van der Waals surface area (Å²) in [4.78, 5) is 12.0. The summed E-state index contributed by atoms with van der Waals surface area (Å²) in [7, 11) is 0. The number of rotatable bonds is 4. The highest BCUT2D eigenvalue weighted by molar-refractivity contribution is 6.35. The Morgan fingerprint density at radius 2 is 1.85 bits per heavy atom. The summed E-state index contributed by atoms with van der Waals surface area (Å²) in [6.07, 6.45) is -0.646. The molecule has 0 radical (unpaired) electrons. The Balaban J connectivity index is 2.02. The van der Waals surface area contributed by atoms with E-state index < -0.39 is 6.10 Å². The fourth-order valence-electron chi connectivity index (χ4n) is 1.58. The number of hydrogen-bond donors (Lipinski definition) is 1. The van der Waals surface area contributed by atoms with E-state index in [-0.39, 0.29) is 5.91 Å². The quantitative estimate of drug-likeness (QED) is 0.909. The van der Waals surface area contributed by atoms with Gasteiger partial charge in [0.05, 0.1) is 10.7 Å². The highest BCUT2D eigenvalue weighted by atomic mass is 35.5. The van der Waals surface area contributed by atoms with Crippen LogP contribution in [0, 0.1) is 0 Å². The molecule has 0 saturated carbocycles. The molecule has 0 fully saturated rings. The normalized spacial score (nSPS) is 11.8. The Morgan fingerprint density at radius 3 is 2.55 bits per heavy atom. The molecule has 1 amide bonds. The predicted octanol–water partition coefficient (Wildman–Crippen LogP) is 4.40. The van der Waals surface area contributed by atoms with Crippen molar-refractivity contribution in [2.24, 2.45) is 0 Å². The van der Waals surface area contributed by atoms with Crippen LogP contribution in [0.2, 0.25) is 10.0 Å². The van der Waals surface area contributed by atoms with Crippen LogP contribution < -0.4 is 10.1 Å². The fraction of sp³-hybridized carbons (Fsp3) is 0.133. The molecule has 5 heteroatoms. The largest absolute Gasteiger partial charge is 0.481 e. The molecule has 1 atom stereocenters. The zero-order valence-electron chi connectivity index (χ0n) is 10.8. The van der Waals surface area contributed by atoms with E-state index >= 15 is 0 Å². The van der Waals surface area contributed by atoms with E-state index in [9.17, 15) is 4.79 Å². The molecule has 0 bridgehead atoms. The third-order valence-corrected chi connectivity index (χ3v) is 3.18. The number of amides is 1. The fourth-order valence-corrected chi connectivity index (χ4v) is 1.92. The summed E-state index contributed by atoms with van der Waals surface area (Å²) in [5, 5.41) is 3.62. The first-order valence-corrected chi connectivity index (χ1v) is 6.79. The lowest BCUT2D eigenvalue weighted by atomic mass is 10.3. The third kappa shape index (κ3) is 3.89. The Labute approximate surface area is 127 Å². The first-order valence-electron chi connectivity index (χ1n) is 6.04. The highest BCUT2D eigenvalue weighted by Gasteiger charge is 2.16. The van der Waals surface area contributed by atoms with Crippen LogP contribution in [0.5, 0.6) is 5.75 Å². The molecule has 0 aliphatic carbocycles. The maximum absolute atomic E-state index is 12.0. The summed E-state index contributed by atoms with van der Waals surface area (Å²) in [5.74, 6) is 0.338. The second kappa shape index (κ2) is 6.64. The van der Waals surface area contributed by atoms with Crippen molar-refractivity contribution in [3.63, 3.8) is 0 Å². The minimum absolute atomic E-state index is 0.294. The molecule has 0 aromatic heterocycles. The van der Waals surface area contributed by atoms with Crippen molar-refractivity contribution in [2.45, 2.75) is 13.0 Å². The topological polar surface area (TPSA) is 38.3 Å². The van der Waals surface area contributed by atoms with Crippen LogP contribution in [0.15, 0.2) is 48.5 Å². The Kier molecular flexibility index (Phi) is 4.88. The van der Waals surface area contributed by atoms with E-state index in [1.54, 1.807) is 37.3 Å². The number of anilines is 1. The van der Waals surface area contributed by atoms with E-state index in [4.69, 9.17) is 27.9 Å². The van der Waals surface area contributed by atoms with E-state index in [0.29, 0.717) is 21.5 Å². The lowest BCUT2D eigenvalue weighted by Crippen LogP contribution is -2.30. The summed E-state index contributed by atoms with van der Waals surface area (Å²) < 4.78 is 5.53. The summed E-state index contributed by atoms with van der Waals surface area (Å²) in [6, 6.07) is 14.0. The minimum Gasteiger partial charge on any atom is -0.481 e. The lowest BCUT2D eigenvalue weighted by Gasteiger charge is -2.15. The van der Waals surface area contributed by atoms with Crippen molar-refractivity contribution in [3.05, 3.63) is 58.6 Å². The molecule has 2 aromatic carbocycles. The summed E-state index contributed by atoms with van der Waals surface area (Å²) in [5.41, 5.74) is 0.465. The Hall–Kier alpha value is -1.71. The molecule has 3 nitrogen and oxygen atoms in total. The molecule has 0 aliphatic rings. The summed E-state index contributed by atoms with van der Waals surface area (Å²) >= 11 is 11.9. The van der Waals surface area contributed by atoms with Crippen LogP contribution in [0.25, 0.3) is 0 Å². The van der Waals surface area contributed by atoms with Crippen molar-refractivity contribution in [1.82, 2.24) is 0 Å². The minimum atomic E-state index is -0.646. The Morgan fingerprint density at radius 1 is 1.15 bits per heavy atom. The molecule has 0 unspecified atom stereocenters. The van der Waals surface area contributed by atoms with Crippen LogP contribution in [0.3, 0.4) is 0 Å². The van der Waals surface area contributed by atoms with E-state index in [1.807, 2.05) is 18.2 Å². The number of hydrogen-bond acceptors (Lipinski definition) is 2. The van der Waals surface area contributed by atoms with Crippen molar-refractivity contribution in [2.75, 3.05) is 5.32 Å². The first-order chi connectivity index (χ1) is 9.56. The summed E-state index contributed by atoms with van der Waals surface area (Å²) in [6.45, 7) is 1.67. The van der Waals surface area contributed by atoms with Gasteiger partial charge >= 0.3 is 0 Å². The van der Waals surface area contributed by atoms with Crippen LogP contribution in [0.4, 0.5) is 5.69 Å². The van der Waals surface area contributed by atoms with Gasteiger partial charge < -0.3 is 10.1 Å². The van der Waals surface area contributed by atoms with Crippen LogP contribution in [0.1, 0.15) is 6.92 Å². The standard InChI is InChI=1S/C15H13Cl2NO2/c1-10(20-12-5-3-2-4-6-12)15(19)18-14-9-11(16)7-8-13(14)17/h2-10H,1H3,(H,18,19)/t10-/m1/s1. The predicted molar refractivity (Wildman–Crippen MR) is 81.6 cm³/mol. The van der Waals surface area contributed by atoms with Gasteiger partial charge in [0.15, 0.2) is 6.10 Å². The number of carbonyl (C=O) groups is 1. The van der Waals surface area contributed by atoms with Gasteiger partial charge in [0.1, 0.15) is 5.75 Å². The van der Waals surface area contributed by atoms with Crippen LogP contribution >= 0.6 is 23.2 Å². The zero-order valence-corrected chi connectivity index (χ0v) is 12.3. The highest BCUT2D eigenvalue weighted by Crippen LogP contribution is 2.25. The maximum atomic E-state index is 12.0. The van der Waals surface area contributed by atoms with Gasteiger partial charge in [-0.3, -0.25) is 4.79 Å². The van der Waals surface area contributed by atoms with E-state index in [0.717, 1.165) is 0 Å². The third-order valence-electron chi connectivity index (χ3n) is 2.61. The second-order valence-electron chi connectivity index (χ2n) is 4.19. The van der Waals surface area contributed by atoms with Gasteiger partial charge in [0, 0.05) is 5.02 Å². The molecule has 104 valence electrons. The van der Waals surface area contributed by atoms with Gasteiger partial charge in [-0.2, -0.15) is 0 Å². The van der Waals surface area contributed by atoms with Gasteiger partial charge in [0.2, 0.25) is 0 Å². The van der Waals surface area contributed by atoms with E-state index in [1.165, 1.54) is 0 Å². The molecular weight excluding hydrogens is 297 g/mol. The molecule has 20 heavy (non-hydrogen) atoms. The average molecular weight is 310 g/mol. The van der Waals surface area contributed by atoms with Gasteiger partial charge in [-0.25, -0.2) is 0 Å². The van der Waals surface area contributed by atoms with Crippen LogP contribution in [-0.2, 0) is 4.79 Å². The van der Waals surface area contributed by atoms with Crippen molar-refractivity contribution in [1.29, 1.82) is 0 Å². The van der Waals surface area contributed by atoms with Crippen molar-refractivity contribution in [3.8, 4) is 5.75 Å². The monoisotopic (exact) mass is 309 g/mol. The molecule has 0 heterocycles. The molecule has 2 aromatic rings. The maximum Gasteiger partial charge on any atom is 0.265 e. The number of nitrogens with one attached hydrogen (secondary N) is 1. The molecule has 2 rings (SSSR count). The van der Waals surface area contributed by atoms with Gasteiger partial charge in [-0.1, -0.05) is 41.4 Å². The van der Waals surface area contributed by atoms with Crippen molar-refractivity contribution >= 4 is 34.8 Å². The Bertz CT molecular complexity index is 602. The second-order valence-corrected chi connectivity index (χ2v) is 5.03. The first kappa shape index (κ1) is 14.7. The number of para-hydroxylation sites is 1. The van der Waals surface area contributed by atoms with Crippen LogP contribution in [-0.4, -0.2) is 12.0 Å². The molecule has 0 spiro atoms. The van der Waals surface area contributed by atoms with Crippen molar-refractivity contribution < 1.29 is 9.53 Å². The molecule has 0 saturated heterocycles. The SMILES string of the molecule is C[C@@H](Oc1ccccc1)C(=O)Nc1cc(Cl)ccc1Cl. The molecule has 1 N–H and O–H groups in total. The number of halogens is 2. The smallest absolute Gasteiger partial charge is 0.265 e. The number of carbonyl (C=O) groups excluding carboxylic acids is 1. The molecule has 0 aliphatic heterocycles. The lowest BCUT2D eigenvalue weighted by molar-refractivity contribution is -0.122.